The Hall–Kier alpha value is -1.65. The van der Waals surface area contributed by atoms with Crippen LogP contribution < -0.4 is 10.6 Å². The Bertz CT molecular complexity index is 812. The molecule has 3 aliphatic carbocycles. The number of nitrogens with one attached hydrogen (secondary N) is 2. The van der Waals surface area contributed by atoms with Gasteiger partial charge in [0.05, 0.1) is 6.04 Å². The molecule has 0 aromatic carbocycles. The van der Waals surface area contributed by atoms with Gasteiger partial charge in [-0.25, -0.2) is 0 Å². The molecule has 8 atom stereocenters. The van der Waals surface area contributed by atoms with Crippen LogP contribution in [-0.4, -0.2) is 29.7 Å². The van der Waals surface area contributed by atoms with Gasteiger partial charge in [0.1, 0.15) is 0 Å². The molecule has 2 N–H and O–H groups in total. The molecule has 31 heavy (non-hydrogen) atoms. The molecule has 0 saturated heterocycles. The number of fused-ring (bicyclic) bond motifs is 5. The molecule has 1 heterocycles. The summed E-state index contributed by atoms with van der Waals surface area (Å²) in [5.74, 6) is 1.82. The van der Waals surface area contributed by atoms with Crippen LogP contribution in [0.4, 0.5) is 0 Å². The number of carbonyl (C=O) groups is 3. The number of hydrogen-bond donors (Lipinski definition) is 2. The molecule has 3 saturated carbocycles. The summed E-state index contributed by atoms with van der Waals surface area (Å²) in [6, 6.07) is -0.205. The van der Waals surface area contributed by atoms with E-state index < -0.39 is 6.04 Å². The average Bonchev–Trinajstić information content (AvgIpc) is 3.02. The molecule has 1 aliphatic heterocycles. The zero-order chi connectivity index (χ0) is 22.8. The van der Waals surface area contributed by atoms with Gasteiger partial charge in [-0.1, -0.05) is 40.7 Å². The molecule has 3 unspecified atom stereocenters. The van der Waals surface area contributed by atoms with Crippen molar-refractivity contribution in [2.75, 3.05) is 0 Å². The first kappa shape index (κ1) is 22.5. The van der Waals surface area contributed by atoms with Crippen LogP contribution in [0.2, 0.25) is 0 Å². The summed E-state index contributed by atoms with van der Waals surface area (Å²) in [6.45, 7) is 12.3. The van der Waals surface area contributed by atoms with Gasteiger partial charge in [-0.05, 0) is 80.1 Å². The van der Waals surface area contributed by atoms with Crippen LogP contribution in [0.5, 0.6) is 0 Å². The van der Waals surface area contributed by atoms with Crippen LogP contribution >= 0.6 is 0 Å². The summed E-state index contributed by atoms with van der Waals surface area (Å²) < 4.78 is 0. The zero-order valence-electron chi connectivity index (χ0n) is 20.1. The van der Waals surface area contributed by atoms with E-state index in [0.717, 1.165) is 38.5 Å². The molecule has 5 heteroatoms. The lowest BCUT2D eigenvalue weighted by Gasteiger charge is -2.58. The van der Waals surface area contributed by atoms with Crippen molar-refractivity contribution in [1.82, 2.24) is 10.6 Å². The lowest BCUT2D eigenvalue weighted by molar-refractivity contribution is -0.138. The molecule has 0 bridgehead atoms. The van der Waals surface area contributed by atoms with Gasteiger partial charge in [0.15, 0.2) is 5.78 Å². The molecule has 0 spiro atoms. The largest absolute Gasteiger partial charge is 0.349 e. The lowest BCUT2D eigenvalue weighted by Crippen LogP contribution is -2.60. The number of ketones is 1. The molecule has 5 nitrogen and oxygen atoms in total. The van der Waals surface area contributed by atoms with Gasteiger partial charge in [-0.15, -0.1) is 0 Å². The highest BCUT2D eigenvalue weighted by Gasteiger charge is 2.61. The highest BCUT2D eigenvalue weighted by Crippen LogP contribution is 2.65. The van der Waals surface area contributed by atoms with Gasteiger partial charge in [0, 0.05) is 17.4 Å². The molecule has 3 fully saturated rings. The van der Waals surface area contributed by atoms with Crippen molar-refractivity contribution in [3.8, 4) is 0 Å². The van der Waals surface area contributed by atoms with Crippen molar-refractivity contribution in [3.63, 3.8) is 0 Å². The zero-order valence-corrected chi connectivity index (χ0v) is 20.1. The smallest absolute Gasteiger partial charge is 0.243 e. The standard InChI is InChI=1S/C26H40N2O3/c1-15(29)22(24(2,3)4)28-23(31)19-9-8-17-16-7-10-20-26(6,14-12-21(30)27-20)18(16)11-13-25(17,19)5/h12,14,16-20,22H,7-11,13H2,1-6H3,(H,27,30)(H,28,31)/t16-,17-,18+,19?,20?,22?,25-,26+/m0/s1. The molecule has 2 amide bonds. The van der Waals surface area contributed by atoms with E-state index >= 15 is 0 Å². The van der Waals surface area contributed by atoms with Crippen LogP contribution in [0.1, 0.15) is 80.1 Å². The van der Waals surface area contributed by atoms with Crippen LogP contribution in [0.15, 0.2) is 12.2 Å². The number of rotatable bonds is 3. The second-order valence-electron chi connectivity index (χ2n) is 12.3. The van der Waals surface area contributed by atoms with Crippen molar-refractivity contribution in [2.45, 2.75) is 92.2 Å². The second kappa shape index (κ2) is 7.45. The first-order chi connectivity index (χ1) is 14.4. The summed E-state index contributed by atoms with van der Waals surface area (Å²) in [5.41, 5.74) is -0.275. The first-order valence-electron chi connectivity index (χ1n) is 12.2. The van der Waals surface area contributed by atoms with E-state index in [-0.39, 0.29) is 45.8 Å². The Morgan fingerprint density at radius 3 is 2.45 bits per heavy atom. The predicted octanol–water partition coefficient (Wildman–Crippen LogP) is 4.02. The fourth-order valence-corrected chi connectivity index (χ4v) is 7.93. The highest BCUT2D eigenvalue weighted by atomic mass is 16.2. The van der Waals surface area contributed by atoms with Crippen LogP contribution in [0.25, 0.3) is 0 Å². The Kier molecular flexibility index (Phi) is 5.42. The molecule has 4 rings (SSSR count). The third kappa shape index (κ3) is 3.56. The normalized spacial score (nSPS) is 42.6. The molecule has 0 radical (unpaired) electrons. The van der Waals surface area contributed by atoms with E-state index in [4.69, 9.17) is 0 Å². The molecule has 0 aromatic heterocycles. The third-order valence-electron chi connectivity index (χ3n) is 9.56. The number of amides is 2. The van der Waals surface area contributed by atoms with Gasteiger partial charge in [0.2, 0.25) is 11.8 Å². The number of hydrogen-bond acceptors (Lipinski definition) is 3. The van der Waals surface area contributed by atoms with Crippen molar-refractivity contribution < 1.29 is 14.4 Å². The number of Topliss-reactive ketones (excluding diaryl/α,β-unsaturated/α-hetero) is 1. The molecular weight excluding hydrogens is 388 g/mol. The van der Waals surface area contributed by atoms with Crippen LogP contribution in [0, 0.1) is 39.9 Å². The Balaban J connectivity index is 1.55. The van der Waals surface area contributed by atoms with Crippen LogP contribution in [-0.2, 0) is 14.4 Å². The second-order valence-corrected chi connectivity index (χ2v) is 12.3. The fraction of sp³-hybridized carbons (Fsp3) is 0.808. The van der Waals surface area contributed by atoms with E-state index in [0.29, 0.717) is 17.8 Å². The van der Waals surface area contributed by atoms with Gasteiger partial charge >= 0.3 is 0 Å². The Morgan fingerprint density at radius 1 is 1.10 bits per heavy atom. The summed E-state index contributed by atoms with van der Waals surface area (Å²) in [5, 5.41) is 6.35. The van der Waals surface area contributed by atoms with E-state index in [1.54, 1.807) is 13.0 Å². The summed E-state index contributed by atoms with van der Waals surface area (Å²) >= 11 is 0. The van der Waals surface area contributed by atoms with Crippen LogP contribution in [0.3, 0.4) is 0 Å². The maximum Gasteiger partial charge on any atom is 0.243 e. The monoisotopic (exact) mass is 428 g/mol. The van der Waals surface area contributed by atoms with Crippen molar-refractivity contribution >= 4 is 17.6 Å². The Morgan fingerprint density at radius 2 is 1.81 bits per heavy atom. The maximum atomic E-state index is 13.4. The Labute approximate surface area is 187 Å². The van der Waals surface area contributed by atoms with E-state index in [1.807, 2.05) is 20.8 Å². The minimum atomic E-state index is -0.440. The summed E-state index contributed by atoms with van der Waals surface area (Å²) in [6.07, 6.45) is 10.2. The predicted molar refractivity (Wildman–Crippen MR) is 121 cm³/mol. The molecular formula is C26H40N2O3. The lowest BCUT2D eigenvalue weighted by atomic mass is 9.48. The molecule has 4 aliphatic rings. The van der Waals surface area contributed by atoms with Gasteiger partial charge < -0.3 is 10.6 Å². The van der Waals surface area contributed by atoms with Gasteiger partial charge in [0.25, 0.3) is 0 Å². The minimum absolute atomic E-state index is 0.00466. The summed E-state index contributed by atoms with van der Waals surface area (Å²) in [7, 11) is 0. The third-order valence-corrected chi connectivity index (χ3v) is 9.56. The summed E-state index contributed by atoms with van der Waals surface area (Å²) in [4.78, 5) is 37.6. The van der Waals surface area contributed by atoms with Crippen molar-refractivity contribution in [3.05, 3.63) is 12.2 Å². The SMILES string of the molecule is CC(=O)C(NC(=O)C1CC[C@H]2[C@@H]3CCC4NC(=O)C=C[C@]4(C)[C@@H]3CC[C@]12C)C(C)(C)C. The van der Waals surface area contributed by atoms with Crippen molar-refractivity contribution in [1.29, 1.82) is 0 Å². The van der Waals surface area contributed by atoms with Crippen molar-refractivity contribution in [2.24, 2.45) is 39.9 Å². The molecule has 0 aromatic rings. The quantitative estimate of drug-likeness (QED) is 0.713. The molecule has 172 valence electrons. The number of carbonyl (C=O) groups excluding carboxylic acids is 3. The van der Waals surface area contributed by atoms with E-state index in [1.165, 1.54) is 0 Å². The van der Waals surface area contributed by atoms with Gasteiger partial charge in [-0.2, -0.15) is 0 Å². The highest BCUT2D eigenvalue weighted by molar-refractivity contribution is 5.90. The fourth-order valence-electron chi connectivity index (χ4n) is 7.93. The maximum absolute atomic E-state index is 13.4. The minimum Gasteiger partial charge on any atom is -0.349 e. The van der Waals surface area contributed by atoms with E-state index in [2.05, 4.69) is 30.6 Å². The van der Waals surface area contributed by atoms with E-state index in [9.17, 15) is 14.4 Å². The van der Waals surface area contributed by atoms with Gasteiger partial charge in [-0.3, -0.25) is 14.4 Å². The first-order valence-corrected chi connectivity index (χ1v) is 12.2. The topological polar surface area (TPSA) is 75.3 Å². The average molecular weight is 429 g/mol.